The van der Waals surface area contributed by atoms with Gasteiger partial charge in [0.05, 0.1) is 11.9 Å². The molecule has 0 unspecified atom stereocenters. The number of carbonyl (C=O) groups excluding carboxylic acids is 1. The quantitative estimate of drug-likeness (QED) is 0.702. The smallest absolute Gasteiger partial charge is 0.241 e. The molecule has 140 valence electrons. The zero-order valence-corrected chi connectivity index (χ0v) is 17.3. The van der Waals surface area contributed by atoms with Crippen LogP contribution in [0.1, 0.15) is 5.56 Å². The minimum Gasteiger partial charge on any atom is -0.350 e. The number of anilines is 1. The highest BCUT2D eigenvalue weighted by molar-refractivity contribution is 7.92. The van der Waals surface area contributed by atoms with Gasteiger partial charge in [-0.25, -0.2) is 8.42 Å². The number of rotatable bonds is 6. The van der Waals surface area contributed by atoms with Gasteiger partial charge in [0.1, 0.15) is 6.54 Å². The predicted molar refractivity (Wildman–Crippen MR) is 107 cm³/mol. The molecule has 0 aliphatic carbocycles. The fraction of sp³-hybridized carbons (Fsp3) is 0.188. The van der Waals surface area contributed by atoms with E-state index in [0.29, 0.717) is 15.6 Å². The van der Waals surface area contributed by atoms with Gasteiger partial charge in [0.25, 0.3) is 0 Å². The van der Waals surface area contributed by atoms with Crippen LogP contribution in [-0.2, 0) is 21.4 Å². The zero-order chi connectivity index (χ0) is 19.5. The third-order valence-corrected chi connectivity index (χ3v) is 5.48. The van der Waals surface area contributed by atoms with E-state index in [4.69, 9.17) is 46.4 Å². The van der Waals surface area contributed by atoms with Crippen LogP contribution in [0.15, 0.2) is 36.4 Å². The van der Waals surface area contributed by atoms with Gasteiger partial charge in [0.2, 0.25) is 15.9 Å². The maximum absolute atomic E-state index is 12.2. The number of nitrogens with one attached hydrogen (secondary N) is 1. The number of sulfonamides is 1. The molecule has 0 aliphatic heterocycles. The number of halogens is 4. The van der Waals surface area contributed by atoms with Crippen molar-refractivity contribution >= 4 is 68.0 Å². The Balaban J connectivity index is 2.14. The van der Waals surface area contributed by atoms with Crippen LogP contribution in [0.4, 0.5) is 5.69 Å². The monoisotopic (exact) mass is 454 g/mol. The van der Waals surface area contributed by atoms with Crippen molar-refractivity contribution in [2.75, 3.05) is 17.1 Å². The van der Waals surface area contributed by atoms with Gasteiger partial charge in [-0.3, -0.25) is 9.10 Å². The Morgan fingerprint density at radius 3 is 2.15 bits per heavy atom. The van der Waals surface area contributed by atoms with Crippen molar-refractivity contribution in [2.45, 2.75) is 6.54 Å². The van der Waals surface area contributed by atoms with Gasteiger partial charge in [-0.05, 0) is 35.9 Å². The maximum Gasteiger partial charge on any atom is 0.241 e. The van der Waals surface area contributed by atoms with E-state index in [1.54, 1.807) is 18.2 Å². The number of hydrogen-bond donors (Lipinski definition) is 1. The molecule has 0 spiro atoms. The largest absolute Gasteiger partial charge is 0.350 e. The fourth-order valence-electron chi connectivity index (χ4n) is 2.13. The average molecular weight is 456 g/mol. The van der Waals surface area contributed by atoms with Crippen LogP contribution in [-0.4, -0.2) is 27.1 Å². The summed E-state index contributed by atoms with van der Waals surface area (Å²) in [6.07, 6.45) is 0.991. The van der Waals surface area contributed by atoms with Crippen molar-refractivity contribution in [2.24, 2.45) is 0 Å². The van der Waals surface area contributed by atoms with E-state index in [-0.39, 0.29) is 22.3 Å². The Hall–Kier alpha value is -1.18. The Morgan fingerprint density at radius 1 is 1.00 bits per heavy atom. The summed E-state index contributed by atoms with van der Waals surface area (Å²) in [6.45, 7) is -0.302. The Labute approximate surface area is 171 Å². The summed E-state index contributed by atoms with van der Waals surface area (Å²) >= 11 is 23.7. The Kier molecular flexibility index (Phi) is 7.05. The Bertz CT molecular complexity index is 915. The van der Waals surface area contributed by atoms with Crippen LogP contribution in [0.25, 0.3) is 0 Å². The second-order valence-corrected chi connectivity index (χ2v) is 9.03. The predicted octanol–water partition coefficient (Wildman–Crippen LogP) is 4.38. The van der Waals surface area contributed by atoms with Gasteiger partial charge in [0.15, 0.2) is 0 Å². The molecule has 1 amide bonds. The number of nitrogens with zero attached hydrogens (tertiary/aromatic N) is 1. The summed E-state index contributed by atoms with van der Waals surface area (Å²) < 4.78 is 25.1. The normalized spacial score (nSPS) is 11.3. The topological polar surface area (TPSA) is 66.5 Å². The molecule has 2 rings (SSSR count). The Morgan fingerprint density at radius 2 is 1.62 bits per heavy atom. The minimum absolute atomic E-state index is 0.128. The third-order valence-electron chi connectivity index (χ3n) is 3.31. The van der Waals surface area contributed by atoms with E-state index in [2.05, 4.69) is 5.32 Å². The van der Waals surface area contributed by atoms with E-state index in [0.717, 1.165) is 10.6 Å². The zero-order valence-electron chi connectivity index (χ0n) is 13.5. The second-order valence-electron chi connectivity index (χ2n) is 5.41. The lowest BCUT2D eigenvalue weighted by Crippen LogP contribution is -2.40. The molecule has 0 atom stereocenters. The van der Waals surface area contributed by atoms with Crippen LogP contribution < -0.4 is 9.62 Å². The first-order chi connectivity index (χ1) is 12.1. The summed E-state index contributed by atoms with van der Waals surface area (Å²) in [5.74, 6) is -0.516. The molecule has 10 heteroatoms. The van der Waals surface area contributed by atoms with E-state index >= 15 is 0 Å². The molecular formula is C16H14Cl4N2O3S. The molecule has 5 nitrogen and oxygen atoms in total. The van der Waals surface area contributed by atoms with E-state index < -0.39 is 22.5 Å². The van der Waals surface area contributed by atoms with Gasteiger partial charge in [-0.1, -0.05) is 52.5 Å². The van der Waals surface area contributed by atoms with Crippen LogP contribution in [0, 0.1) is 0 Å². The van der Waals surface area contributed by atoms with Crippen molar-refractivity contribution in [3.8, 4) is 0 Å². The van der Waals surface area contributed by atoms with E-state index in [1.165, 1.54) is 18.2 Å². The summed E-state index contributed by atoms with van der Waals surface area (Å²) in [7, 11) is -3.73. The number of benzene rings is 2. The molecule has 26 heavy (non-hydrogen) atoms. The second kappa shape index (κ2) is 8.67. The number of hydrogen-bond acceptors (Lipinski definition) is 3. The van der Waals surface area contributed by atoms with E-state index in [1.807, 2.05) is 0 Å². The van der Waals surface area contributed by atoms with Crippen LogP contribution in [0.5, 0.6) is 0 Å². The molecule has 2 aromatic rings. The number of amides is 1. The highest BCUT2D eigenvalue weighted by Crippen LogP contribution is 2.27. The molecule has 0 radical (unpaired) electrons. The summed E-state index contributed by atoms with van der Waals surface area (Å²) in [4.78, 5) is 12.2. The third kappa shape index (κ3) is 5.93. The lowest BCUT2D eigenvalue weighted by molar-refractivity contribution is -0.119. The van der Waals surface area contributed by atoms with Crippen molar-refractivity contribution in [1.29, 1.82) is 0 Å². The lowest BCUT2D eigenvalue weighted by atomic mass is 10.2. The van der Waals surface area contributed by atoms with Crippen LogP contribution in [0.3, 0.4) is 0 Å². The number of carbonyl (C=O) groups is 1. The molecule has 0 aromatic heterocycles. The van der Waals surface area contributed by atoms with Gasteiger partial charge >= 0.3 is 0 Å². The molecule has 1 N–H and O–H groups in total. The SMILES string of the molecule is CS(=O)(=O)N(CC(=O)NCc1ccc(Cl)cc1Cl)c1cc(Cl)cc(Cl)c1. The van der Waals surface area contributed by atoms with Gasteiger partial charge in [0, 0.05) is 26.6 Å². The van der Waals surface area contributed by atoms with Crippen LogP contribution in [0.2, 0.25) is 20.1 Å². The average Bonchev–Trinajstić information content (AvgIpc) is 2.49. The summed E-state index contributed by atoms with van der Waals surface area (Å²) in [5, 5.41) is 4.02. The van der Waals surface area contributed by atoms with Gasteiger partial charge in [-0.2, -0.15) is 0 Å². The highest BCUT2D eigenvalue weighted by Gasteiger charge is 2.21. The highest BCUT2D eigenvalue weighted by atomic mass is 35.5. The fourth-order valence-corrected chi connectivity index (χ4v) is 3.96. The van der Waals surface area contributed by atoms with Crippen molar-refractivity contribution < 1.29 is 13.2 Å². The van der Waals surface area contributed by atoms with Crippen molar-refractivity contribution in [1.82, 2.24) is 5.32 Å². The molecule has 0 bridgehead atoms. The molecule has 0 fully saturated rings. The first-order valence-corrected chi connectivity index (χ1v) is 10.6. The molecule has 0 saturated carbocycles. The molecule has 0 aliphatic rings. The lowest BCUT2D eigenvalue weighted by Gasteiger charge is -2.22. The molecule has 0 saturated heterocycles. The minimum atomic E-state index is -3.73. The van der Waals surface area contributed by atoms with Crippen molar-refractivity contribution in [3.63, 3.8) is 0 Å². The molecule has 0 heterocycles. The van der Waals surface area contributed by atoms with E-state index in [9.17, 15) is 13.2 Å². The summed E-state index contributed by atoms with van der Waals surface area (Å²) in [6, 6.07) is 9.18. The molecule has 2 aromatic carbocycles. The van der Waals surface area contributed by atoms with Gasteiger partial charge < -0.3 is 5.32 Å². The van der Waals surface area contributed by atoms with Crippen LogP contribution >= 0.6 is 46.4 Å². The standard InChI is InChI=1S/C16H14Cl4N2O3S/c1-26(24,25)22(14-5-12(18)4-13(19)6-14)9-16(23)21-8-10-2-3-11(17)7-15(10)20/h2-7H,8-9H2,1H3,(H,21,23). The first-order valence-electron chi connectivity index (χ1n) is 7.20. The summed E-state index contributed by atoms with van der Waals surface area (Å²) in [5.41, 5.74) is 0.853. The first kappa shape index (κ1) is 21.1. The van der Waals surface area contributed by atoms with Gasteiger partial charge in [-0.15, -0.1) is 0 Å². The maximum atomic E-state index is 12.2. The molecular weight excluding hydrogens is 442 g/mol. The van der Waals surface area contributed by atoms with Crippen molar-refractivity contribution in [3.05, 3.63) is 62.1 Å².